The molecule has 0 N–H and O–H groups in total. The molecule has 6 atom stereocenters. The van der Waals surface area contributed by atoms with Gasteiger partial charge in [-0.15, -0.1) is 11.8 Å². The van der Waals surface area contributed by atoms with Gasteiger partial charge >= 0.3 is 0 Å². The van der Waals surface area contributed by atoms with E-state index in [1.54, 1.807) is 0 Å². The third-order valence-corrected chi connectivity index (χ3v) is 8.59. The lowest BCUT2D eigenvalue weighted by atomic mass is 9.66. The maximum absolute atomic E-state index is 7.21. The zero-order valence-electron chi connectivity index (χ0n) is 18.4. The largest absolute Gasteiger partial charge is 0.338 e. The van der Waals surface area contributed by atoms with Crippen molar-refractivity contribution in [2.24, 2.45) is 17.8 Å². The normalized spacial score (nSPS) is 34.5. The van der Waals surface area contributed by atoms with Gasteiger partial charge in [0.25, 0.3) is 0 Å². The molecule has 2 bridgehead atoms. The summed E-state index contributed by atoms with van der Waals surface area (Å²) in [7, 11) is 0. The van der Waals surface area contributed by atoms with Crippen LogP contribution in [0, 0.1) is 17.8 Å². The number of rotatable bonds is 5. The molecule has 3 aromatic rings. The molecule has 0 aliphatic carbocycles. The average molecular weight is 431 g/mol. The number of fused-ring (bicyclic) bond motifs is 2. The van der Waals surface area contributed by atoms with Crippen molar-refractivity contribution in [2.45, 2.75) is 43.2 Å². The van der Waals surface area contributed by atoms with Gasteiger partial charge in [-0.3, -0.25) is 0 Å². The van der Waals surface area contributed by atoms with E-state index in [1.807, 2.05) is 11.8 Å². The van der Waals surface area contributed by atoms with Crippen LogP contribution in [0.2, 0.25) is 0 Å². The summed E-state index contributed by atoms with van der Waals surface area (Å²) >= 11 is 1.85. The van der Waals surface area contributed by atoms with Gasteiger partial charge in [0.1, 0.15) is 11.7 Å². The summed E-state index contributed by atoms with van der Waals surface area (Å²) in [6, 6.07) is 31.9. The number of hydrogen-bond acceptors (Lipinski definition) is 3. The molecule has 2 fully saturated rings. The third-order valence-electron chi connectivity index (χ3n) is 7.52. The zero-order valence-corrected chi connectivity index (χ0v) is 19.2. The maximum atomic E-state index is 7.21. The van der Waals surface area contributed by atoms with Crippen LogP contribution in [0.1, 0.15) is 31.9 Å². The molecule has 0 radical (unpaired) electrons. The Morgan fingerprint density at radius 3 is 1.87 bits per heavy atom. The second-order valence-corrected chi connectivity index (χ2v) is 10.1. The first-order chi connectivity index (χ1) is 15.1. The van der Waals surface area contributed by atoms with Crippen molar-refractivity contribution in [3.8, 4) is 0 Å². The van der Waals surface area contributed by atoms with Gasteiger partial charge in [-0.1, -0.05) is 99.6 Å². The molecular formula is C28H30O2S. The van der Waals surface area contributed by atoms with Crippen LogP contribution in [0.15, 0.2) is 95.9 Å². The topological polar surface area (TPSA) is 18.5 Å². The maximum Gasteiger partial charge on any atom is 0.199 e. The van der Waals surface area contributed by atoms with Crippen molar-refractivity contribution >= 4 is 11.8 Å². The second-order valence-electron chi connectivity index (χ2n) is 8.96. The highest BCUT2D eigenvalue weighted by Gasteiger charge is 2.68. The second kappa shape index (κ2) is 8.12. The molecule has 2 heterocycles. The molecule has 2 unspecified atom stereocenters. The molecule has 0 saturated carbocycles. The first-order valence-corrected chi connectivity index (χ1v) is 12.2. The van der Waals surface area contributed by atoms with E-state index >= 15 is 0 Å². The fourth-order valence-electron chi connectivity index (χ4n) is 5.51. The molecule has 0 spiro atoms. The molecule has 5 rings (SSSR count). The summed E-state index contributed by atoms with van der Waals surface area (Å²) in [5.74, 6) is 1.13. The van der Waals surface area contributed by atoms with Gasteiger partial charge < -0.3 is 9.47 Å². The molecule has 3 aromatic carbocycles. The minimum absolute atomic E-state index is 0.0530. The molecule has 2 nitrogen and oxygen atoms in total. The Hall–Kier alpha value is -2.07. The summed E-state index contributed by atoms with van der Waals surface area (Å²) in [6.45, 7) is 7.00. The van der Waals surface area contributed by atoms with Crippen molar-refractivity contribution in [3.63, 3.8) is 0 Å². The van der Waals surface area contributed by atoms with Crippen LogP contribution in [0.25, 0.3) is 0 Å². The summed E-state index contributed by atoms with van der Waals surface area (Å²) in [5.41, 5.74) is 1.86. The Balaban J connectivity index is 1.62. The highest BCUT2D eigenvalue weighted by atomic mass is 32.2. The fraction of sp³-hybridized carbons (Fsp3) is 0.357. The summed E-state index contributed by atoms with van der Waals surface area (Å²) in [6.07, 6.45) is -0.0530. The van der Waals surface area contributed by atoms with Gasteiger partial charge in [-0.25, -0.2) is 0 Å². The Labute approximate surface area is 190 Å². The van der Waals surface area contributed by atoms with Gasteiger partial charge in [0.05, 0.1) is 0 Å². The molecule has 160 valence electrons. The highest BCUT2D eigenvalue weighted by molar-refractivity contribution is 7.99. The van der Waals surface area contributed by atoms with E-state index in [1.165, 1.54) is 10.5 Å². The van der Waals surface area contributed by atoms with E-state index in [2.05, 4.69) is 112 Å². The van der Waals surface area contributed by atoms with Gasteiger partial charge in [0.15, 0.2) is 5.79 Å². The van der Waals surface area contributed by atoms with Gasteiger partial charge in [-0.2, -0.15) is 0 Å². The monoisotopic (exact) mass is 430 g/mol. The van der Waals surface area contributed by atoms with Crippen LogP contribution >= 0.6 is 11.8 Å². The summed E-state index contributed by atoms with van der Waals surface area (Å²) < 4.78 is 14.3. The smallest absolute Gasteiger partial charge is 0.199 e. The van der Waals surface area contributed by atoms with E-state index in [9.17, 15) is 0 Å². The Bertz CT molecular complexity index is 1010. The van der Waals surface area contributed by atoms with Crippen molar-refractivity contribution in [2.75, 3.05) is 5.75 Å². The van der Waals surface area contributed by atoms with Crippen LogP contribution < -0.4 is 0 Å². The standard InChI is InChI=1S/C28H30O2S/c1-20-21(2)27(23-13-7-4-8-14-23)26(19-31-25-17-11-6-12-18-25)29-28(30-27,22(20)3)24-15-9-5-10-16-24/h4-18,20-22,26H,19H2,1-3H3/t20-,21-,22+,26-,27?,28?/m1/s1. The number of thioether (sulfide) groups is 1. The Kier molecular flexibility index (Phi) is 5.45. The molecule has 0 amide bonds. The summed E-state index contributed by atoms with van der Waals surface area (Å²) in [5, 5.41) is 0. The number of benzene rings is 3. The van der Waals surface area contributed by atoms with E-state index in [0.29, 0.717) is 11.8 Å². The third kappa shape index (κ3) is 3.26. The predicted molar refractivity (Wildman–Crippen MR) is 127 cm³/mol. The first kappa shape index (κ1) is 20.8. The van der Waals surface area contributed by atoms with E-state index in [-0.39, 0.29) is 12.0 Å². The first-order valence-electron chi connectivity index (χ1n) is 11.2. The van der Waals surface area contributed by atoms with E-state index in [4.69, 9.17) is 9.47 Å². The average Bonchev–Trinajstić information content (AvgIpc) is 3.17. The Morgan fingerprint density at radius 2 is 1.26 bits per heavy atom. The van der Waals surface area contributed by atoms with Gasteiger partial charge in [0, 0.05) is 22.1 Å². The van der Waals surface area contributed by atoms with E-state index in [0.717, 1.165) is 11.3 Å². The van der Waals surface area contributed by atoms with Crippen molar-refractivity contribution < 1.29 is 9.47 Å². The van der Waals surface area contributed by atoms with Crippen molar-refractivity contribution in [1.82, 2.24) is 0 Å². The minimum Gasteiger partial charge on any atom is -0.338 e. The number of hydrogen-bond donors (Lipinski definition) is 0. The number of ether oxygens (including phenoxy) is 2. The molecule has 31 heavy (non-hydrogen) atoms. The lowest BCUT2D eigenvalue weighted by Gasteiger charge is -2.50. The Morgan fingerprint density at radius 1 is 0.710 bits per heavy atom. The minimum atomic E-state index is -0.731. The van der Waals surface area contributed by atoms with Crippen LogP contribution in [0.5, 0.6) is 0 Å². The SMILES string of the molecule is C[C@@H]1[C@@H](C)C2(c3ccccc3)OC(c3ccccc3)(O[C@@H]2CSc2ccccc2)[C@H]1C. The predicted octanol–water partition coefficient (Wildman–Crippen LogP) is 6.86. The quantitative estimate of drug-likeness (QED) is 0.412. The summed E-state index contributed by atoms with van der Waals surface area (Å²) in [4.78, 5) is 1.26. The molecule has 3 heteroatoms. The molecule has 2 saturated heterocycles. The van der Waals surface area contributed by atoms with Gasteiger partial charge in [-0.05, 0) is 29.5 Å². The zero-order chi connectivity index (χ0) is 21.5. The van der Waals surface area contributed by atoms with Gasteiger partial charge in [0.2, 0.25) is 0 Å². The lowest BCUT2D eigenvalue weighted by molar-refractivity contribution is -0.283. The molecule has 0 aromatic heterocycles. The van der Waals surface area contributed by atoms with Crippen LogP contribution in [0.3, 0.4) is 0 Å². The van der Waals surface area contributed by atoms with Crippen LogP contribution in [0.4, 0.5) is 0 Å². The van der Waals surface area contributed by atoms with E-state index < -0.39 is 11.4 Å². The lowest BCUT2D eigenvalue weighted by Crippen LogP contribution is -2.53. The molecule has 2 aliphatic heterocycles. The fourth-order valence-corrected chi connectivity index (χ4v) is 6.52. The van der Waals surface area contributed by atoms with Crippen LogP contribution in [-0.2, 0) is 20.9 Å². The highest BCUT2D eigenvalue weighted by Crippen LogP contribution is 2.63. The molecule has 2 aliphatic rings. The van der Waals surface area contributed by atoms with Crippen molar-refractivity contribution in [3.05, 3.63) is 102 Å². The van der Waals surface area contributed by atoms with Crippen LogP contribution in [-0.4, -0.2) is 11.9 Å². The molecular weight excluding hydrogens is 400 g/mol. The van der Waals surface area contributed by atoms with Crippen molar-refractivity contribution in [1.29, 1.82) is 0 Å².